The minimum atomic E-state index is -0.342. The van der Waals surface area contributed by atoms with Crippen molar-refractivity contribution < 1.29 is 9.53 Å². The van der Waals surface area contributed by atoms with E-state index in [9.17, 15) is 4.79 Å². The van der Waals surface area contributed by atoms with Gasteiger partial charge in [-0.25, -0.2) is 4.98 Å². The number of nitrogens with one attached hydrogen (secondary N) is 2. The van der Waals surface area contributed by atoms with E-state index in [4.69, 9.17) is 4.74 Å². The van der Waals surface area contributed by atoms with Gasteiger partial charge in [0.25, 0.3) is 0 Å². The first-order chi connectivity index (χ1) is 15.3. The Morgan fingerprint density at radius 3 is 2.48 bits per heavy atom. The van der Waals surface area contributed by atoms with Gasteiger partial charge in [0.2, 0.25) is 11.8 Å². The quantitative estimate of drug-likeness (QED) is 0.295. The van der Waals surface area contributed by atoms with Crippen LogP contribution >= 0.6 is 24.0 Å². The van der Waals surface area contributed by atoms with Crippen molar-refractivity contribution in [2.24, 2.45) is 10.4 Å². The van der Waals surface area contributed by atoms with Crippen LogP contribution < -0.4 is 15.4 Å². The molecule has 1 fully saturated rings. The largest absolute Gasteiger partial charge is 0.439 e. The summed E-state index contributed by atoms with van der Waals surface area (Å²) >= 11 is 0. The number of carbonyl (C=O) groups excluding carboxylic acids is 1. The summed E-state index contributed by atoms with van der Waals surface area (Å²) in [4.78, 5) is 23.1. The van der Waals surface area contributed by atoms with Crippen LogP contribution in [0, 0.1) is 19.3 Å². The lowest BCUT2D eigenvalue weighted by Gasteiger charge is -2.31. The molecule has 33 heavy (non-hydrogen) atoms. The summed E-state index contributed by atoms with van der Waals surface area (Å²) in [5.41, 5.74) is 3.10. The summed E-state index contributed by atoms with van der Waals surface area (Å²) < 4.78 is 5.94. The fourth-order valence-electron chi connectivity index (χ4n) is 4.17. The molecule has 2 aromatic rings. The molecule has 0 saturated heterocycles. The van der Waals surface area contributed by atoms with E-state index in [2.05, 4.69) is 34.5 Å². The highest BCUT2D eigenvalue weighted by Crippen LogP contribution is 2.38. The number of amides is 1. The second kappa shape index (κ2) is 12.2. The summed E-state index contributed by atoms with van der Waals surface area (Å²) in [7, 11) is 5.40. The first kappa shape index (κ1) is 26.9. The molecule has 1 heterocycles. The number of carbonyl (C=O) groups is 1. The van der Waals surface area contributed by atoms with E-state index in [1.165, 1.54) is 11.1 Å². The summed E-state index contributed by atoms with van der Waals surface area (Å²) in [5.74, 6) is 2.20. The van der Waals surface area contributed by atoms with Crippen LogP contribution in [0.2, 0.25) is 0 Å². The van der Waals surface area contributed by atoms with E-state index in [-0.39, 0.29) is 35.3 Å². The smallest absolute Gasteiger partial charge is 0.230 e. The Hall–Kier alpha value is -2.36. The van der Waals surface area contributed by atoms with Gasteiger partial charge in [-0.1, -0.05) is 18.9 Å². The molecule has 8 heteroatoms. The monoisotopic (exact) mass is 565 g/mol. The zero-order chi connectivity index (χ0) is 23.1. The molecular formula is C25H36IN5O2. The Bertz CT molecular complexity index is 971. The molecule has 2 N–H and O–H groups in total. The average Bonchev–Trinajstić information content (AvgIpc) is 3.26. The SMILES string of the molecule is CN=C(NCc1ccnc(Oc2ccc(C)c(C)c2)c1)NCC1(C(=O)N(C)C)CCCC1.I. The first-order valence-electron chi connectivity index (χ1n) is 11.2. The zero-order valence-corrected chi connectivity index (χ0v) is 22.6. The number of guanidine groups is 1. The van der Waals surface area contributed by atoms with E-state index < -0.39 is 0 Å². The minimum absolute atomic E-state index is 0. The molecule has 1 aromatic carbocycles. The van der Waals surface area contributed by atoms with Crippen LogP contribution in [0.25, 0.3) is 0 Å². The predicted octanol–water partition coefficient (Wildman–Crippen LogP) is 4.42. The molecule has 0 unspecified atom stereocenters. The Morgan fingerprint density at radius 1 is 1.12 bits per heavy atom. The van der Waals surface area contributed by atoms with Crippen molar-refractivity contribution in [3.63, 3.8) is 0 Å². The molecule has 0 radical (unpaired) electrons. The van der Waals surface area contributed by atoms with Gasteiger partial charge in [-0.05, 0) is 61.6 Å². The maximum Gasteiger partial charge on any atom is 0.230 e. The highest BCUT2D eigenvalue weighted by atomic mass is 127. The van der Waals surface area contributed by atoms with Gasteiger partial charge in [-0.15, -0.1) is 24.0 Å². The number of rotatable bonds is 7. The number of aryl methyl sites for hydroxylation is 2. The minimum Gasteiger partial charge on any atom is -0.439 e. The topological polar surface area (TPSA) is 78.9 Å². The molecule has 3 rings (SSSR count). The zero-order valence-electron chi connectivity index (χ0n) is 20.3. The normalized spacial score (nSPS) is 14.9. The van der Waals surface area contributed by atoms with Crippen LogP contribution in [0.3, 0.4) is 0 Å². The van der Waals surface area contributed by atoms with Crippen LogP contribution in [0.15, 0.2) is 41.5 Å². The van der Waals surface area contributed by atoms with Gasteiger partial charge in [0, 0.05) is 46.5 Å². The molecule has 1 amide bonds. The number of ether oxygens (including phenoxy) is 1. The van der Waals surface area contributed by atoms with E-state index in [0.29, 0.717) is 24.9 Å². The van der Waals surface area contributed by atoms with E-state index >= 15 is 0 Å². The van der Waals surface area contributed by atoms with Crippen LogP contribution in [-0.2, 0) is 11.3 Å². The Balaban J connectivity index is 0.00000385. The first-order valence-corrected chi connectivity index (χ1v) is 11.2. The molecule has 1 aliphatic rings. The molecule has 0 bridgehead atoms. The molecule has 1 saturated carbocycles. The van der Waals surface area contributed by atoms with Gasteiger partial charge in [0.15, 0.2) is 5.96 Å². The van der Waals surface area contributed by atoms with Crippen molar-refractivity contribution in [1.82, 2.24) is 20.5 Å². The molecule has 1 aliphatic carbocycles. The number of aliphatic imine (C=N–C) groups is 1. The molecule has 7 nitrogen and oxygen atoms in total. The van der Waals surface area contributed by atoms with Crippen molar-refractivity contribution in [2.75, 3.05) is 27.7 Å². The number of hydrogen-bond acceptors (Lipinski definition) is 4. The van der Waals surface area contributed by atoms with Crippen molar-refractivity contribution in [1.29, 1.82) is 0 Å². The summed E-state index contributed by atoms with van der Waals surface area (Å²) in [6.07, 6.45) is 5.75. The Morgan fingerprint density at radius 2 is 1.85 bits per heavy atom. The molecule has 1 aromatic heterocycles. The lowest BCUT2D eigenvalue weighted by molar-refractivity contribution is -0.138. The predicted molar refractivity (Wildman–Crippen MR) is 143 cm³/mol. The fourth-order valence-corrected chi connectivity index (χ4v) is 4.17. The summed E-state index contributed by atoms with van der Waals surface area (Å²) in [6, 6.07) is 9.88. The van der Waals surface area contributed by atoms with Gasteiger partial charge in [0.1, 0.15) is 5.75 Å². The van der Waals surface area contributed by atoms with Crippen LogP contribution in [0.1, 0.15) is 42.4 Å². The molecule has 0 spiro atoms. The van der Waals surface area contributed by atoms with Crippen LogP contribution in [-0.4, -0.2) is 49.4 Å². The fraction of sp³-hybridized carbons (Fsp3) is 0.480. The molecule has 0 aliphatic heterocycles. The Kier molecular flexibility index (Phi) is 9.94. The summed E-state index contributed by atoms with van der Waals surface area (Å²) in [5, 5.41) is 6.70. The van der Waals surface area contributed by atoms with Gasteiger partial charge in [0.05, 0.1) is 5.41 Å². The third-order valence-electron chi connectivity index (χ3n) is 6.20. The lowest BCUT2D eigenvalue weighted by Crippen LogP contribution is -2.49. The average molecular weight is 566 g/mol. The highest BCUT2D eigenvalue weighted by molar-refractivity contribution is 14.0. The van der Waals surface area contributed by atoms with Crippen molar-refractivity contribution >= 4 is 35.8 Å². The maximum atomic E-state index is 12.8. The van der Waals surface area contributed by atoms with Crippen LogP contribution in [0.4, 0.5) is 0 Å². The van der Waals surface area contributed by atoms with Gasteiger partial charge < -0.3 is 20.3 Å². The van der Waals surface area contributed by atoms with E-state index in [1.807, 2.05) is 44.4 Å². The number of aromatic nitrogens is 1. The van der Waals surface area contributed by atoms with Gasteiger partial charge in [-0.3, -0.25) is 9.79 Å². The number of nitrogens with zero attached hydrogens (tertiary/aromatic N) is 3. The maximum absolute atomic E-state index is 12.8. The van der Waals surface area contributed by atoms with E-state index in [0.717, 1.165) is 37.0 Å². The highest BCUT2D eigenvalue weighted by Gasteiger charge is 2.42. The van der Waals surface area contributed by atoms with Gasteiger partial charge >= 0.3 is 0 Å². The number of halogens is 1. The van der Waals surface area contributed by atoms with Crippen molar-refractivity contribution in [2.45, 2.75) is 46.1 Å². The second-order valence-corrected chi connectivity index (χ2v) is 8.82. The number of hydrogen-bond donors (Lipinski definition) is 2. The standard InChI is InChI=1S/C25H35N5O2.HI/c1-18-8-9-21(14-19(18)2)32-22-15-20(10-13-27-22)16-28-24(26-3)29-17-25(11-6-7-12-25)23(31)30(4)5;/h8-10,13-15H,6-7,11-12,16-17H2,1-5H3,(H2,26,28,29);1H. The molecule has 0 atom stereocenters. The van der Waals surface area contributed by atoms with E-state index in [1.54, 1.807) is 18.1 Å². The third kappa shape index (κ3) is 7.06. The third-order valence-corrected chi connectivity index (χ3v) is 6.20. The number of pyridine rings is 1. The van der Waals surface area contributed by atoms with Crippen molar-refractivity contribution in [3.8, 4) is 11.6 Å². The Labute approximate surface area is 214 Å². The van der Waals surface area contributed by atoms with Crippen molar-refractivity contribution in [3.05, 3.63) is 53.2 Å². The molecule has 180 valence electrons. The second-order valence-electron chi connectivity index (χ2n) is 8.82. The molecular weight excluding hydrogens is 529 g/mol. The lowest BCUT2D eigenvalue weighted by atomic mass is 9.84. The van der Waals surface area contributed by atoms with Crippen LogP contribution in [0.5, 0.6) is 11.6 Å². The van der Waals surface area contributed by atoms with Gasteiger partial charge in [-0.2, -0.15) is 0 Å². The summed E-state index contributed by atoms with van der Waals surface area (Å²) in [6.45, 7) is 5.30. The number of benzene rings is 1.